The molecule has 132 valence electrons. The molecule has 2 aromatic rings. The quantitative estimate of drug-likeness (QED) is 0.773. The first-order chi connectivity index (χ1) is 11.8. The van der Waals surface area contributed by atoms with E-state index < -0.39 is 11.3 Å². The lowest BCUT2D eigenvalue weighted by Gasteiger charge is -2.23. The van der Waals surface area contributed by atoms with Gasteiger partial charge in [0.25, 0.3) is 0 Å². The molecule has 0 aromatic heterocycles. The number of halogens is 1. The van der Waals surface area contributed by atoms with Crippen LogP contribution < -0.4 is 15.4 Å². The number of carbonyl (C=O) groups is 2. The van der Waals surface area contributed by atoms with Gasteiger partial charge in [0, 0.05) is 22.8 Å². The average Bonchev–Trinajstić information content (AvgIpc) is 2.59. The third kappa shape index (κ3) is 4.73. The van der Waals surface area contributed by atoms with Crippen LogP contribution in [0.5, 0.6) is 5.75 Å². The summed E-state index contributed by atoms with van der Waals surface area (Å²) in [4.78, 5) is 25.0. The Labute approximate surface area is 152 Å². The van der Waals surface area contributed by atoms with E-state index in [1.165, 1.54) is 0 Å². The number of methoxy groups -OCH3 is 1. The van der Waals surface area contributed by atoms with Crippen molar-refractivity contribution in [3.05, 3.63) is 59.1 Å². The number of rotatable bonds is 6. The maximum atomic E-state index is 12.5. The normalized spacial score (nSPS) is 10.9. The van der Waals surface area contributed by atoms with Gasteiger partial charge in [0.05, 0.1) is 7.11 Å². The van der Waals surface area contributed by atoms with Crippen molar-refractivity contribution in [2.24, 2.45) is 5.41 Å². The molecule has 0 radical (unpaired) electrons. The summed E-state index contributed by atoms with van der Waals surface area (Å²) in [6, 6.07) is 14.2. The van der Waals surface area contributed by atoms with Gasteiger partial charge in [0.1, 0.15) is 11.2 Å². The molecule has 25 heavy (non-hydrogen) atoms. The fourth-order valence-corrected chi connectivity index (χ4v) is 2.39. The van der Waals surface area contributed by atoms with Crippen molar-refractivity contribution in [1.82, 2.24) is 5.32 Å². The highest BCUT2D eigenvalue weighted by atomic mass is 35.5. The Morgan fingerprint density at radius 1 is 1.08 bits per heavy atom. The van der Waals surface area contributed by atoms with Gasteiger partial charge in [0.2, 0.25) is 11.8 Å². The average molecular weight is 361 g/mol. The van der Waals surface area contributed by atoms with E-state index >= 15 is 0 Å². The molecule has 0 aliphatic carbocycles. The summed E-state index contributed by atoms with van der Waals surface area (Å²) < 4.78 is 5.26. The van der Waals surface area contributed by atoms with Crippen LogP contribution in [-0.4, -0.2) is 18.9 Å². The van der Waals surface area contributed by atoms with Crippen LogP contribution in [0.3, 0.4) is 0 Å². The smallest absolute Gasteiger partial charge is 0.239 e. The van der Waals surface area contributed by atoms with E-state index in [0.717, 1.165) is 5.56 Å². The molecule has 2 rings (SSSR count). The Morgan fingerprint density at radius 2 is 1.80 bits per heavy atom. The summed E-state index contributed by atoms with van der Waals surface area (Å²) in [6.07, 6.45) is 0. The van der Waals surface area contributed by atoms with Gasteiger partial charge >= 0.3 is 0 Å². The number of hydrogen-bond donors (Lipinski definition) is 2. The molecule has 2 amide bonds. The minimum Gasteiger partial charge on any atom is -0.496 e. The zero-order chi connectivity index (χ0) is 18.4. The van der Waals surface area contributed by atoms with Gasteiger partial charge < -0.3 is 15.4 Å². The first-order valence-corrected chi connectivity index (χ1v) is 8.19. The lowest BCUT2D eigenvalue weighted by Crippen LogP contribution is -2.44. The molecule has 5 nitrogen and oxygen atoms in total. The maximum Gasteiger partial charge on any atom is 0.239 e. The zero-order valence-corrected chi connectivity index (χ0v) is 15.2. The summed E-state index contributed by atoms with van der Waals surface area (Å²) >= 11 is 5.91. The fraction of sp³-hybridized carbons (Fsp3) is 0.263. The molecule has 0 saturated carbocycles. The second-order valence-corrected chi connectivity index (χ2v) is 6.52. The van der Waals surface area contributed by atoms with Crippen molar-refractivity contribution < 1.29 is 14.3 Å². The number of amides is 2. The lowest BCUT2D eigenvalue weighted by atomic mass is 9.90. The fourth-order valence-electron chi connectivity index (χ4n) is 2.20. The highest BCUT2D eigenvalue weighted by Crippen LogP contribution is 2.22. The summed E-state index contributed by atoms with van der Waals surface area (Å²) in [7, 11) is 1.57. The Balaban J connectivity index is 2.02. The number of para-hydroxylation sites is 1. The van der Waals surface area contributed by atoms with E-state index in [4.69, 9.17) is 16.3 Å². The molecule has 0 saturated heterocycles. The molecule has 0 aliphatic rings. The molecule has 2 N–H and O–H groups in total. The monoisotopic (exact) mass is 360 g/mol. The predicted octanol–water partition coefficient (Wildman–Crippen LogP) is 3.63. The second-order valence-electron chi connectivity index (χ2n) is 6.08. The van der Waals surface area contributed by atoms with Crippen molar-refractivity contribution in [2.75, 3.05) is 12.4 Å². The first kappa shape index (κ1) is 18.8. The van der Waals surface area contributed by atoms with Crippen LogP contribution in [-0.2, 0) is 16.1 Å². The Bertz CT molecular complexity index is 775. The van der Waals surface area contributed by atoms with Gasteiger partial charge in [-0.3, -0.25) is 9.59 Å². The van der Waals surface area contributed by atoms with E-state index in [9.17, 15) is 9.59 Å². The van der Waals surface area contributed by atoms with E-state index in [1.54, 1.807) is 45.2 Å². The molecule has 0 unspecified atom stereocenters. The van der Waals surface area contributed by atoms with Gasteiger partial charge in [-0.25, -0.2) is 0 Å². The molecule has 0 bridgehead atoms. The molecule has 0 heterocycles. The Kier molecular flexibility index (Phi) is 6.04. The van der Waals surface area contributed by atoms with Crippen molar-refractivity contribution in [2.45, 2.75) is 20.4 Å². The number of nitrogens with one attached hydrogen (secondary N) is 2. The van der Waals surface area contributed by atoms with Gasteiger partial charge in [-0.2, -0.15) is 0 Å². The van der Waals surface area contributed by atoms with Gasteiger partial charge in [-0.05, 0) is 38.1 Å². The molecule has 0 atom stereocenters. The van der Waals surface area contributed by atoms with E-state index in [2.05, 4.69) is 10.6 Å². The standard InChI is InChI=1S/C19H21ClN2O3/c1-19(2,18(24)22-15-9-6-8-14(20)11-15)17(23)21-12-13-7-4-5-10-16(13)25-3/h4-11H,12H2,1-3H3,(H,21,23)(H,22,24). The number of carbonyl (C=O) groups excluding carboxylic acids is 2. The zero-order valence-electron chi connectivity index (χ0n) is 14.4. The molecule has 0 spiro atoms. The van der Waals surface area contributed by atoms with Crippen molar-refractivity contribution >= 4 is 29.1 Å². The predicted molar refractivity (Wildman–Crippen MR) is 98.7 cm³/mol. The minimum absolute atomic E-state index is 0.275. The van der Waals surface area contributed by atoms with Gasteiger partial charge in [-0.15, -0.1) is 0 Å². The summed E-state index contributed by atoms with van der Waals surface area (Å²) in [5.74, 6) is -0.103. The molecule has 0 fully saturated rings. The third-order valence-corrected chi connectivity index (χ3v) is 4.08. The molecule has 6 heteroatoms. The molecule has 2 aromatic carbocycles. The Hall–Kier alpha value is -2.53. The van der Waals surface area contributed by atoms with Crippen LogP contribution >= 0.6 is 11.6 Å². The van der Waals surface area contributed by atoms with E-state index in [1.807, 2.05) is 24.3 Å². The first-order valence-electron chi connectivity index (χ1n) is 7.82. The Morgan fingerprint density at radius 3 is 2.48 bits per heavy atom. The molecular formula is C19H21ClN2O3. The molecular weight excluding hydrogens is 340 g/mol. The van der Waals surface area contributed by atoms with Crippen LogP contribution in [0, 0.1) is 5.41 Å². The van der Waals surface area contributed by atoms with Crippen LogP contribution in [0.2, 0.25) is 5.02 Å². The van der Waals surface area contributed by atoms with Crippen molar-refractivity contribution in [3.8, 4) is 5.75 Å². The number of benzene rings is 2. The topological polar surface area (TPSA) is 67.4 Å². The SMILES string of the molecule is COc1ccccc1CNC(=O)C(C)(C)C(=O)Nc1cccc(Cl)c1. The van der Waals surface area contributed by atoms with Crippen LogP contribution in [0.4, 0.5) is 5.69 Å². The van der Waals surface area contributed by atoms with Crippen LogP contribution in [0.15, 0.2) is 48.5 Å². The van der Waals surface area contributed by atoms with Gasteiger partial charge in [0.15, 0.2) is 0 Å². The van der Waals surface area contributed by atoms with E-state index in [-0.39, 0.29) is 12.5 Å². The summed E-state index contributed by atoms with van der Waals surface area (Å²) in [5.41, 5.74) is 0.136. The van der Waals surface area contributed by atoms with E-state index in [0.29, 0.717) is 16.5 Å². The number of hydrogen-bond acceptors (Lipinski definition) is 3. The van der Waals surface area contributed by atoms with Crippen LogP contribution in [0.1, 0.15) is 19.4 Å². The maximum absolute atomic E-state index is 12.5. The van der Waals surface area contributed by atoms with Crippen molar-refractivity contribution in [3.63, 3.8) is 0 Å². The third-order valence-electron chi connectivity index (χ3n) is 3.85. The number of anilines is 1. The van der Waals surface area contributed by atoms with Crippen LogP contribution in [0.25, 0.3) is 0 Å². The highest BCUT2D eigenvalue weighted by molar-refractivity contribution is 6.31. The lowest BCUT2D eigenvalue weighted by molar-refractivity contribution is -0.138. The summed E-state index contributed by atoms with van der Waals surface area (Å²) in [5, 5.41) is 6.01. The van der Waals surface area contributed by atoms with Gasteiger partial charge in [-0.1, -0.05) is 35.9 Å². The number of ether oxygens (including phenoxy) is 1. The minimum atomic E-state index is -1.25. The molecule has 0 aliphatic heterocycles. The largest absolute Gasteiger partial charge is 0.496 e. The highest BCUT2D eigenvalue weighted by Gasteiger charge is 2.36. The second kappa shape index (κ2) is 8.03. The van der Waals surface area contributed by atoms with Crippen molar-refractivity contribution in [1.29, 1.82) is 0 Å². The summed E-state index contributed by atoms with van der Waals surface area (Å²) in [6.45, 7) is 3.42.